The van der Waals surface area contributed by atoms with Crippen molar-refractivity contribution < 1.29 is 4.79 Å². The summed E-state index contributed by atoms with van der Waals surface area (Å²) in [5, 5.41) is 3.14. The summed E-state index contributed by atoms with van der Waals surface area (Å²) in [6, 6.07) is 19.2. The molecule has 1 heterocycles. The third-order valence-corrected chi connectivity index (χ3v) is 5.27. The highest BCUT2D eigenvalue weighted by Gasteiger charge is 2.24. The Bertz CT molecular complexity index is 673. The molecule has 0 bridgehead atoms. The van der Waals surface area contributed by atoms with Gasteiger partial charge in [-0.1, -0.05) is 60.2 Å². The zero-order valence-electron chi connectivity index (χ0n) is 15.8. The molecule has 138 valence electrons. The maximum Gasteiger partial charge on any atom is 0.223 e. The molecular weight excluding hydrogens is 320 g/mol. The lowest BCUT2D eigenvalue weighted by atomic mass is 9.95. The summed E-state index contributed by atoms with van der Waals surface area (Å²) in [7, 11) is 0. The second kappa shape index (κ2) is 9.54. The van der Waals surface area contributed by atoms with Gasteiger partial charge in [0.1, 0.15) is 0 Å². The molecule has 0 spiro atoms. The fraction of sp³-hybridized carbons (Fsp3) is 0.435. The zero-order valence-corrected chi connectivity index (χ0v) is 15.8. The van der Waals surface area contributed by atoms with E-state index in [0.717, 1.165) is 51.9 Å². The van der Waals surface area contributed by atoms with Crippen molar-refractivity contribution in [2.75, 3.05) is 19.6 Å². The first-order chi connectivity index (χ1) is 12.7. The largest absolute Gasteiger partial charge is 0.356 e. The first-order valence-corrected chi connectivity index (χ1v) is 9.80. The van der Waals surface area contributed by atoms with Crippen LogP contribution < -0.4 is 5.32 Å². The van der Waals surface area contributed by atoms with E-state index in [2.05, 4.69) is 65.7 Å². The molecule has 0 aromatic heterocycles. The Balaban J connectivity index is 1.33. The molecule has 26 heavy (non-hydrogen) atoms. The average molecular weight is 351 g/mol. The van der Waals surface area contributed by atoms with Crippen molar-refractivity contribution >= 4 is 5.91 Å². The van der Waals surface area contributed by atoms with Crippen LogP contribution in [0.3, 0.4) is 0 Å². The van der Waals surface area contributed by atoms with Crippen LogP contribution >= 0.6 is 0 Å². The Morgan fingerprint density at radius 3 is 2.38 bits per heavy atom. The van der Waals surface area contributed by atoms with E-state index in [1.807, 2.05) is 6.07 Å². The lowest BCUT2D eigenvalue weighted by Crippen LogP contribution is -2.40. The molecule has 3 rings (SSSR count). The summed E-state index contributed by atoms with van der Waals surface area (Å²) >= 11 is 0. The van der Waals surface area contributed by atoms with Crippen molar-refractivity contribution in [2.45, 2.75) is 39.2 Å². The molecule has 0 radical (unpaired) electrons. The molecule has 0 saturated carbocycles. The number of amides is 1. The lowest BCUT2D eigenvalue weighted by molar-refractivity contribution is -0.126. The maximum absolute atomic E-state index is 12.4. The molecular formula is C23H30N2O. The quantitative estimate of drug-likeness (QED) is 0.767. The van der Waals surface area contributed by atoms with Crippen molar-refractivity contribution in [1.29, 1.82) is 0 Å². The normalized spacial score (nSPS) is 15.7. The number of benzene rings is 2. The predicted octanol–water partition coefficient (Wildman–Crippen LogP) is 3.96. The van der Waals surface area contributed by atoms with Gasteiger partial charge < -0.3 is 5.32 Å². The molecule has 2 aromatic rings. The highest BCUT2D eigenvalue weighted by Crippen LogP contribution is 2.19. The fourth-order valence-electron chi connectivity index (χ4n) is 3.60. The SMILES string of the molecule is Cc1ccc(CN2CCC(C(=O)NCCCc3ccccc3)CC2)cc1. The third kappa shape index (κ3) is 5.70. The monoisotopic (exact) mass is 350 g/mol. The standard InChI is InChI=1S/C23H30N2O/c1-19-9-11-21(12-10-19)18-25-16-13-22(14-17-25)23(26)24-15-5-8-20-6-3-2-4-7-20/h2-4,6-7,9-12,22H,5,8,13-18H2,1H3,(H,24,26). The first kappa shape index (κ1) is 18.7. The molecule has 0 aliphatic carbocycles. The summed E-state index contributed by atoms with van der Waals surface area (Å²) in [4.78, 5) is 14.8. The van der Waals surface area contributed by atoms with Crippen LogP contribution in [-0.4, -0.2) is 30.4 Å². The molecule has 0 atom stereocenters. The van der Waals surface area contributed by atoms with Gasteiger partial charge in [-0.15, -0.1) is 0 Å². The summed E-state index contributed by atoms with van der Waals surface area (Å²) in [6.45, 7) is 5.91. The van der Waals surface area contributed by atoms with Crippen molar-refractivity contribution in [3.8, 4) is 0 Å². The van der Waals surface area contributed by atoms with Gasteiger partial charge >= 0.3 is 0 Å². The van der Waals surface area contributed by atoms with E-state index in [1.165, 1.54) is 16.7 Å². The Labute approximate surface area is 157 Å². The molecule has 1 fully saturated rings. The minimum absolute atomic E-state index is 0.181. The number of carbonyl (C=O) groups excluding carboxylic acids is 1. The number of carbonyl (C=O) groups is 1. The predicted molar refractivity (Wildman–Crippen MR) is 107 cm³/mol. The summed E-state index contributed by atoms with van der Waals surface area (Å²) in [5.41, 5.74) is 4.00. The van der Waals surface area contributed by atoms with E-state index >= 15 is 0 Å². The number of aryl methyl sites for hydroxylation is 2. The zero-order chi connectivity index (χ0) is 18.2. The van der Waals surface area contributed by atoms with Crippen LogP contribution in [0.4, 0.5) is 0 Å². The molecule has 1 amide bonds. The Morgan fingerprint density at radius 1 is 1.00 bits per heavy atom. The van der Waals surface area contributed by atoms with Gasteiger partial charge in [-0.05, 0) is 56.8 Å². The second-order valence-electron chi connectivity index (χ2n) is 7.42. The van der Waals surface area contributed by atoms with Crippen LogP contribution in [0.2, 0.25) is 0 Å². The number of hydrogen-bond donors (Lipinski definition) is 1. The molecule has 0 unspecified atom stereocenters. The summed E-state index contributed by atoms with van der Waals surface area (Å²) in [6.07, 6.45) is 3.96. The van der Waals surface area contributed by atoms with E-state index in [0.29, 0.717) is 0 Å². The number of rotatable bonds is 7. The number of hydrogen-bond acceptors (Lipinski definition) is 2. The van der Waals surface area contributed by atoms with Crippen LogP contribution in [-0.2, 0) is 17.8 Å². The topological polar surface area (TPSA) is 32.3 Å². The van der Waals surface area contributed by atoms with Crippen LogP contribution in [0, 0.1) is 12.8 Å². The Hall–Kier alpha value is -2.13. The van der Waals surface area contributed by atoms with Crippen LogP contribution in [0.15, 0.2) is 54.6 Å². The molecule has 1 N–H and O–H groups in total. The van der Waals surface area contributed by atoms with Gasteiger partial charge in [0, 0.05) is 19.0 Å². The molecule has 1 aliphatic heterocycles. The van der Waals surface area contributed by atoms with Gasteiger partial charge in [0.15, 0.2) is 0 Å². The van der Waals surface area contributed by atoms with Gasteiger partial charge in [0.2, 0.25) is 5.91 Å². The van der Waals surface area contributed by atoms with Crippen LogP contribution in [0.25, 0.3) is 0 Å². The molecule has 2 aromatic carbocycles. The molecule has 3 heteroatoms. The van der Waals surface area contributed by atoms with Crippen molar-refractivity contribution in [3.63, 3.8) is 0 Å². The van der Waals surface area contributed by atoms with Gasteiger partial charge in [-0.3, -0.25) is 9.69 Å². The number of piperidine rings is 1. The number of nitrogens with zero attached hydrogens (tertiary/aromatic N) is 1. The Morgan fingerprint density at radius 2 is 1.69 bits per heavy atom. The molecule has 1 saturated heterocycles. The third-order valence-electron chi connectivity index (χ3n) is 5.27. The van der Waals surface area contributed by atoms with Crippen molar-refractivity contribution in [2.24, 2.45) is 5.92 Å². The fourth-order valence-corrected chi connectivity index (χ4v) is 3.60. The average Bonchev–Trinajstić information content (AvgIpc) is 2.68. The van der Waals surface area contributed by atoms with Crippen molar-refractivity contribution in [3.05, 3.63) is 71.3 Å². The van der Waals surface area contributed by atoms with Gasteiger partial charge in [-0.25, -0.2) is 0 Å². The first-order valence-electron chi connectivity index (χ1n) is 9.80. The van der Waals surface area contributed by atoms with Gasteiger partial charge in [-0.2, -0.15) is 0 Å². The maximum atomic E-state index is 12.4. The molecule has 3 nitrogen and oxygen atoms in total. The van der Waals surface area contributed by atoms with Crippen LogP contribution in [0.1, 0.15) is 36.0 Å². The van der Waals surface area contributed by atoms with E-state index < -0.39 is 0 Å². The summed E-state index contributed by atoms with van der Waals surface area (Å²) in [5.74, 6) is 0.425. The van der Waals surface area contributed by atoms with E-state index in [4.69, 9.17) is 0 Å². The summed E-state index contributed by atoms with van der Waals surface area (Å²) < 4.78 is 0. The smallest absolute Gasteiger partial charge is 0.223 e. The van der Waals surface area contributed by atoms with Crippen molar-refractivity contribution in [1.82, 2.24) is 10.2 Å². The minimum atomic E-state index is 0.181. The highest BCUT2D eigenvalue weighted by atomic mass is 16.1. The molecule has 1 aliphatic rings. The Kier molecular flexibility index (Phi) is 6.84. The van der Waals surface area contributed by atoms with Gasteiger partial charge in [0.05, 0.1) is 0 Å². The lowest BCUT2D eigenvalue weighted by Gasteiger charge is -2.31. The van der Waals surface area contributed by atoms with E-state index in [9.17, 15) is 4.79 Å². The minimum Gasteiger partial charge on any atom is -0.356 e. The highest BCUT2D eigenvalue weighted by molar-refractivity contribution is 5.78. The second-order valence-corrected chi connectivity index (χ2v) is 7.42. The van der Waals surface area contributed by atoms with Gasteiger partial charge in [0.25, 0.3) is 0 Å². The number of nitrogens with one attached hydrogen (secondary N) is 1. The number of likely N-dealkylation sites (tertiary alicyclic amines) is 1. The van der Waals surface area contributed by atoms with E-state index in [1.54, 1.807) is 0 Å². The van der Waals surface area contributed by atoms with E-state index in [-0.39, 0.29) is 11.8 Å². The van der Waals surface area contributed by atoms with Crippen LogP contribution in [0.5, 0.6) is 0 Å².